The quantitative estimate of drug-likeness (QED) is 0.474. The van der Waals surface area contributed by atoms with Crippen molar-refractivity contribution in [3.8, 4) is 5.75 Å². The molecule has 0 bridgehead atoms. The zero-order chi connectivity index (χ0) is 21.8. The summed E-state index contributed by atoms with van der Waals surface area (Å²) in [5.74, 6) is -1.40. The van der Waals surface area contributed by atoms with Crippen LogP contribution in [-0.2, 0) is 11.8 Å². The lowest BCUT2D eigenvalue weighted by Crippen LogP contribution is -2.15. The van der Waals surface area contributed by atoms with E-state index in [1.807, 2.05) is 0 Å². The molecule has 1 heterocycles. The smallest absolute Gasteiger partial charge is 0.234 e. The van der Waals surface area contributed by atoms with Crippen molar-refractivity contribution in [1.29, 1.82) is 0 Å². The molecule has 1 aromatic heterocycles. The molecule has 0 aliphatic heterocycles. The van der Waals surface area contributed by atoms with Crippen molar-refractivity contribution in [2.75, 3.05) is 11.1 Å². The van der Waals surface area contributed by atoms with Gasteiger partial charge in [0, 0.05) is 18.1 Å². The van der Waals surface area contributed by atoms with Crippen LogP contribution in [0.2, 0.25) is 10.0 Å². The molecular formula is C19H16Cl2F2N4O2S. The first kappa shape index (κ1) is 22.3. The van der Waals surface area contributed by atoms with E-state index in [0.717, 1.165) is 23.9 Å². The summed E-state index contributed by atoms with van der Waals surface area (Å²) in [4.78, 5) is 12.2. The number of rotatable bonds is 7. The van der Waals surface area contributed by atoms with Crippen LogP contribution in [0.3, 0.4) is 0 Å². The fourth-order valence-electron chi connectivity index (χ4n) is 2.53. The first-order valence-corrected chi connectivity index (χ1v) is 10.4. The molecule has 0 saturated carbocycles. The Bertz CT molecular complexity index is 1080. The van der Waals surface area contributed by atoms with Gasteiger partial charge in [-0.25, -0.2) is 8.78 Å². The van der Waals surface area contributed by atoms with E-state index in [9.17, 15) is 13.6 Å². The van der Waals surface area contributed by atoms with Crippen molar-refractivity contribution in [2.45, 2.75) is 18.2 Å². The molecule has 0 fully saturated rings. The van der Waals surface area contributed by atoms with E-state index >= 15 is 0 Å². The predicted octanol–water partition coefficient (Wildman–Crippen LogP) is 5.27. The Labute approximate surface area is 185 Å². The van der Waals surface area contributed by atoms with Crippen molar-refractivity contribution in [2.24, 2.45) is 7.05 Å². The number of amides is 1. The molecule has 6 nitrogen and oxygen atoms in total. The van der Waals surface area contributed by atoms with E-state index in [-0.39, 0.29) is 17.4 Å². The zero-order valence-electron chi connectivity index (χ0n) is 15.8. The molecule has 0 aliphatic rings. The molecule has 3 rings (SSSR count). The normalized spacial score (nSPS) is 11.9. The molecule has 0 spiro atoms. The van der Waals surface area contributed by atoms with Crippen molar-refractivity contribution in [1.82, 2.24) is 14.8 Å². The number of hydrogen-bond donors (Lipinski definition) is 1. The Morgan fingerprint density at radius 2 is 2.00 bits per heavy atom. The van der Waals surface area contributed by atoms with E-state index in [1.54, 1.807) is 30.7 Å². The maximum atomic E-state index is 13.8. The van der Waals surface area contributed by atoms with Crippen molar-refractivity contribution in [3.63, 3.8) is 0 Å². The van der Waals surface area contributed by atoms with Gasteiger partial charge in [-0.3, -0.25) is 4.79 Å². The van der Waals surface area contributed by atoms with Gasteiger partial charge in [-0.05, 0) is 37.3 Å². The number of anilines is 1. The van der Waals surface area contributed by atoms with E-state index in [0.29, 0.717) is 26.7 Å². The Balaban J connectivity index is 1.61. The largest absolute Gasteiger partial charge is 0.480 e. The van der Waals surface area contributed by atoms with Crippen molar-refractivity contribution >= 4 is 46.6 Å². The number of carbonyl (C=O) groups excluding carboxylic acids is 1. The maximum Gasteiger partial charge on any atom is 0.234 e. The van der Waals surface area contributed by atoms with E-state index in [4.69, 9.17) is 27.9 Å². The number of aromatic nitrogens is 3. The average Bonchev–Trinajstić information content (AvgIpc) is 3.05. The Morgan fingerprint density at radius 1 is 1.23 bits per heavy atom. The molecule has 1 unspecified atom stereocenters. The third kappa shape index (κ3) is 5.41. The minimum absolute atomic E-state index is 0.0623. The Hall–Kier alpha value is -2.36. The molecule has 1 atom stereocenters. The molecule has 1 N–H and O–H groups in total. The van der Waals surface area contributed by atoms with Gasteiger partial charge in [0.2, 0.25) is 5.91 Å². The average molecular weight is 473 g/mol. The van der Waals surface area contributed by atoms with Crippen LogP contribution in [0.1, 0.15) is 18.9 Å². The van der Waals surface area contributed by atoms with Crippen LogP contribution in [-0.4, -0.2) is 26.4 Å². The zero-order valence-corrected chi connectivity index (χ0v) is 18.2. The van der Waals surface area contributed by atoms with Crippen LogP contribution >= 0.6 is 35.0 Å². The minimum Gasteiger partial charge on any atom is -0.480 e. The van der Waals surface area contributed by atoms with Gasteiger partial charge in [-0.1, -0.05) is 35.0 Å². The number of thioether (sulfide) groups is 1. The highest BCUT2D eigenvalue weighted by Crippen LogP contribution is 2.27. The second kappa shape index (κ2) is 9.63. The molecular weight excluding hydrogens is 457 g/mol. The number of nitrogens with one attached hydrogen (secondary N) is 1. The van der Waals surface area contributed by atoms with Crippen LogP contribution in [0.15, 0.2) is 41.6 Å². The third-order valence-corrected chi connectivity index (χ3v) is 5.54. The standard InChI is InChI=1S/C19H16Cl2F2N4O2S/c1-10(29-16-6-4-12(22)8-14(16)23)18-25-26-19(27(18)2)30-9-17(28)24-15-5-3-11(20)7-13(15)21/h3-8,10H,9H2,1-2H3,(H,24,28). The summed E-state index contributed by atoms with van der Waals surface area (Å²) >= 11 is 13.0. The lowest BCUT2D eigenvalue weighted by Gasteiger charge is -2.14. The molecule has 30 heavy (non-hydrogen) atoms. The third-order valence-electron chi connectivity index (χ3n) is 3.97. The van der Waals surface area contributed by atoms with Gasteiger partial charge < -0.3 is 14.6 Å². The van der Waals surface area contributed by atoms with Gasteiger partial charge in [0.1, 0.15) is 5.82 Å². The molecule has 0 saturated heterocycles. The van der Waals surface area contributed by atoms with Gasteiger partial charge in [0.25, 0.3) is 0 Å². The van der Waals surface area contributed by atoms with Crippen molar-refractivity contribution < 1.29 is 18.3 Å². The maximum absolute atomic E-state index is 13.8. The van der Waals surface area contributed by atoms with Crippen LogP contribution in [0.4, 0.5) is 14.5 Å². The Kier molecular flexibility index (Phi) is 7.17. The van der Waals surface area contributed by atoms with E-state index < -0.39 is 17.7 Å². The number of halogens is 4. The minimum atomic E-state index is -0.809. The molecule has 0 radical (unpaired) electrons. The van der Waals surface area contributed by atoms with Gasteiger partial charge in [-0.15, -0.1) is 10.2 Å². The molecule has 3 aromatic rings. The van der Waals surface area contributed by atoms with E-state index in [1.165, 1.54) is 12.1 Å². The predicted molar refractivity (Wildman–Crippen MR) is 112 cm³/mol. The molecule has 0 aliphatic carbocycles. The van der Waals surface area contributed by atoms with Crippen LogP contribution in [0.5, 0.6) is 5.75 Å². The van der Waals surface area contributed by atoms with Gasteiger partial charge in [-0.2, -0.15) is 0 Å². The van der Waals surface area contributed by atoms with Crippen molar-refractivity contribution in [3.05, 3.63) is 63.9 Å². The van der Waals surface area contributed by atoms with Gasteiger partial charge in [0.05, 0.1) is 16.5 Å². The summed E-state index contributed by atoms with van der Waals surface area (Å²) in [6.45, 7) is 1.66. The van der Waals surface area contributed by atoms with Crippen LogP contribution in [0, 0.1) is 11.6 Å². The highest BCUT2D eigenvalue weighted by molar-refractivity contribution is 7.99. The fourth-order valence-corrected chi connectivity index (χ4v) is 3.70. The number of ether oxygens (including phenoxy) is 1. The monoisotopic (exact) mass is 472 g/mol. The van der Waals surface area contributed by atoms with Gasteiger partial charge in [0.15, 0.2) is 28.7 Å². The van der Waals surface area contributed by atoms with Gasteiger partial charge >= 0.3 is 0 Å². The molecule has 1 amide bonds. The summed E-state index contributed by atoms with van der Waals surface area (Å²) in [5, 5.41) is 12.1. The first-order valence-electron chi connectivity index (χ1n) is 8.63. The molecule has 2 aromatic carbocycles. The summed E-state index contributed by atoms with van der Waals surface area (Å²) in [5.41, 5.74) is 0.452. The highest BCUT2D eigenvalue weighted by Gasteiger charge is 2.19. The number of nitrogens with zero attached hydrogens (tertiary/aromatic N) is 3. The number of benzene rings is 2. The summed E-state index contributed by atoms with van der Waals surface area (Å²) < 4.78 is 34.0. The topological polar surface area (TPSA) is 69.0 Å². The summed E-state index contributed by atoms with van der Waals surface area (Å²) in [6, 6.07) is 7.82. The fraction of sp³-hybridized carbons (Fsp3) is 0.211. The molecule has 11 heteroatoms. The lowest BCUT2D eigenvalue weighted by atomic mass is 10.3. The second-order valence-electron chi connectivity index (χ2n) is 6.20. The SMILES string of the molecule is CC(Oc1ccc(F)cc1F)c1nnc(SCC(=O)Nc2ccc(Cl)cc2Cl)n1C. The first-order chi connectivity index (χ1) is 14.2. The van der Waals surface area contributed by atoms with Crippen LogP contribution < -0.4 is 10.1 Å². The Morgan fingerprint density at radius 3 is 2.70 bits per heavy atom. The number of carbonyl (C=O) groups is 1. The second-order valence-corrected chi connectivity index (χ2v) is 7.98. The lowest BCUT2D eigenvalue weighted by molar-refractivity contribution is -0.113. The van der Waals surface area contributed by atoms with Crippen LogP contribution in [0.25, 0.3) is 0 Å². The molecule has 158 valence electrons. The summed E-state index contributed by atoms with van der Waals surface area (Å²) in [6.07, 6.45) is -0.654. The highest BCUT2D eigenvalue weighted by atomic mass is 35.5. The number of hydrogen-bond acceptors (Lipinski definition) is 5. The van der Waals surface area contributed by atoms with E-state index in [2.05, 4.69) is 15.5 Å². The summed E-state index contributed by atoms with van der Waals surface area (Å²) in [7, 11) is 1.70.